The predicted molar refractivity (Wildman–Crippen MR) is 111 cm³/mol. The summed E-state index contributed by atoms with van der Waals surface area (Å²) in [7, 11) is 1.47. The molecule has 9 heteroatoms. The van der Waals surface area contributed by atoms with Crippen LogP contribution in [-0.2, 0) is 6.42 Å². The van der Waals surface area contributed by atoms with E-state index in [1.54, 1.807) is 18.2 Å². The lowest BCUT2D eigenvalue weighted by Crippen LogP contribution is -2.35. The van der Waals surface area contributed by atoms with Crippen LogP contribution in [0, 0.1) is 5.92 Å². The van der Waals surface area contributed by atoms with E-state index >= 15 is 0 Å². The van der Waals surface area contributed by atoms with Gasteiger partial charge in [-0.15, -0.1) is 5.10 Å². The lowest BCUT2D eigenvalue weighted by atomic mass is 9.99. The number of phenols is 1. The molecule has 2 aromatic carbocycles. The average molecular weight is 409 g/mol. The first-order chi connectivity index (χ1) is 14.6. The molecule has 0 saturated heterocycles. The number of aliphatic hydroxyl groups excluding tert-OH is 1. The number of aromatic nitrogens is 3. The highest BCUT2D eigenvalue weighted by atomic mass is 16.5. The molecule has 156 valence electrons. The Balaban J connectivity index is 1.55. The molecule has 1 atom stereocenters. The summed E-state index contributed by atoms with van der Waals surface area (Å²) in [6, 6.07) is 14.0. The molecule has 0 unspecified atom stereocenters. The number of aromatic hydroxyl groups is 1. The summed E-state index contributed by atoms with van der Waals surface area (Å²) >= 11 is 0. The number of methoxy groups -OCH3 is 1. The maximum Gasteiger partial charge on any atom is 0.321 e. The van der Waals surface area contributed by atoms with E-state index in [4.69, 9.17) is 4.74 Å². The summed E-state index contributed by atoms with van der Waals surface area (Å²) in [5, 5.41) is 32.4. The van der Waals surface area contributed by atoms with Gasteiger partial charge < -0.3 is 20.3 Å². The molecule has 0 saturated carbocycles. The summed E-state index contributed by atoms with van der Waals surface area (Å²) in [5.74, 6) is 0.246. The van der Waals surface area contributed by atoms with E-state index < -0.39 is 6.03 Å². The normalized spacial score (nSPS) is 11.5. The van der Waals surface area contributed by atoms with Gasteiger partial charge in [-0.05, 0) is 24.1 Å². The van der Waals surface area contributed by atoms with Gasteiger partial charge in [0, 0.05) is 24.6 Å². The molecule has 4 N–H and O–H groups in total. The third-order valence-corrected chi connectivity index (χ3v) is 4.43. The first kappa shape index (κ1) is 21.0. The average Bonchev–Trinajstić information content (AvgIpc) is 2.77. The second kappa shape index (κ2) is 10.2. The fourth-order valence-electron chi connectivity index (χ4n) is 2.88. The number of benzene rings is 2. The van der Waals surface area contributed by atoms with Gasteiger partial charge in [0.05, 0.1) is 19.0 Å². The van der Waals surface area contributed by atoms with Gasteiger partial charge in [0.1, 0.15) is 0 Å². The molecule has 0 bridgehead atoms. The van der Waals surface area contributed by atoms with Crippen molar-refractivity contribution in [2.75, 3.05) is 25.6 Å². The fourth-order valence-corrected chi connectivity index (χ4v) is 2.88. The van der Waals surface area contributed by atoms with Gasteiger partial charge in [0.2, 0.25) is 0 Å². The topological polar surface area (TPSA) is 129 Å². The summed E-state index contributed by atoms with van der Waals surface area (Å²) in [6.45, 7) is 0.0928. The molecule has 3 aromatic rings. The van der Waals surface area contributed by atoms with E-state index in [2.05, 4.69) is 25.8 Å². The fraction of sp³-hybridized carbons (Fsp3) is 0.238. The molecule has 0 aliphatic rings. The minimum Gasteiger partial charge on any atom is -0.504 e. The van der Waals surface area contributed by atoms with Crippen molar-refractivity contribution >= 4 is 12.0 Å². The van der Waals surface area contributed by atoms with Gasteiger partial charge in [-0.25, -0.2) is 9.78 Å². The Kier molecular flexibility index (Phi) is 7.12. The number of aliphatic hydroxyl groups is 1. The van der Waals surface area contributed by atoms with Gasteiger partial charge in [0.15, 0.2) is 11.5 Å². The maximum atomic E-state index is 12.2. The molecule has 1 aromatic heterocycles. The Hall–Kier alpha value is -3.72. The molecule has 9 nitrogen and oxygen atoms in total. The van der Waals surface area contributed by atoms with Crippen molar-refractivity contribution < 1.29 is 19.7 Å². The number of phenolic OH excluding ortho intramolecular Hbond substituents is 1. The highest BCUT2D eigenvalue weighted by Crippen LogP contribution is 2.27. The first-order valence-corrected chi connectivity index (χ1v) is 9.35. The smallest absolute Gasteiger partial charge is 0.321 e. The Morgan fingerprint density at radius 3 is 2.70 bits per heavy atom. The monoisotopic (exact) mass is 409 g/mol. The summed E-state index contributed by atoms with van der Waals surface area (Å²) in [4.78, 5) is 16.5. The number of anilines is 1. The van der Waals surface area contributed by atoms with Crippen molar-refractivity contribution in [1.29, 1.82) is 0 Å². The van der Waals surface area contributed by atoms with Crippen LogP contribution < -0.4 is 15.4 Å². The van der Waals surface area contributed by atoms with Crippen LogP contribution in [0.1, 0.15) is 5.56 Å². The number of hydrogen-bond acceptors (Lipinski definition) is 7. The molecule has 3 rings (SSSR count). The molecular formula is C21H23N5O4. The molecule has 1 heterocycles. The summed E-state index contributed by atoms with van der Waals surface area (Å²) in [5.41, 5.74) is 2.27. The Morgan fingerprint density at radius 1 is 1.20 bits per heavy atom. The zero-order chi connectivity index (χ0) is 21.3. The van der Waals surface area contributed by atoms with Crippen molar-refractivity contribution in [1.82, 2.24) is 20.5 Å². The summed E-state index contributed by atoms with van der Waals surface area (Å²) in [6.07, 6.45) is 1.99. The van der Waals surface area contributed by atoms with Crippen LogP contribution in [0.2, 0.25) is 0 Å². The first-order valence-electron chi connectivity index (χ1n) is 9.35. The Bertz CT molecular complexity index is 984. The minimum absolute atomic E-state index is 0.0281. The van der Waals surface area contributed by atoms with Crippen LogP contribution in [0.15, 0.2) is 54.7 Å². The third-order valence-electron chi connectivity index (χ3n) is 4.43. The molecule has 0 fully saturated rings. The number of nitrogens with one attached hydrogen (secondary N) is 2. The Labute approximate surface area is 173 Å². The number of nitrogens with zero attached hydrogens (tertiary/aromatic N) is 3. The van der Waals surface area contributed by atoms with Gasteiger partial charge in [-0.3, -0.25) is 5.32 Å². The van der Waals surface area contributed by atoms with Crippen LogP contribution in [0.25, 0.3) is 11.3 Å². The van der Waals surface area contributed by atoms with Crippen molar-refractivity contribution in [2.24, 2.45) is 5.92 Å². The van der Waals surface area contributed by atoms with Crippen LogP contribution in [0.4, 0.5) is 10.7 Å². The lowest BCUT2D eigenvalue weighted by molar-refractivity contribution is 0.218. The number of amides is 2. The van der Waals surface area contributed by atoms with Crippen molar-refractivity contribution in [3.05, 3.63) is 60.3 Å². The van der Waals surface area contributed by atoms with Crippen LogP contribution in [0.3, 0.4) is 0 Å². The highest BCUT2D eigenvalue weighted by molar-refractivity contribution is 5.87. The van der Waals surface area contributed by atoms with E-state index in [0.717, 1.165) is 11.1 Å². The van der Waals surface area contributed by atoms with E-state index in [0.29, 0.717) is 17.9 Å². The molecule has 0 aliphatic heterocycles. The maximum absolute atomic E-state index is 12.2. The SMILES string of the molecule is COc1ccc(C[C@@H](CO)CNC(=O)Nc2nncc(-c3ccccc3)n2)cc1O. The van der Waals surface area contributed by atoms with E-state index in [-0.39, 0.29) is 30.8 Å². The number of urea groups is 1. The molecule has 0 spiro atoms. The van der Waals surface area contributed by atoms with Crippen molar-refractivity contribution in [3.8, 4) is 22.8 Å². The van der Waals surface area contributed by atoms with Gasteiger partial charge in [0.25, 0.3) is 5.95 Å². The van der Waals surface area contributed by atoms with Gasteiger partial charge >= 0.3 is 6.03 Å². The van der Waals surface area contributed by atoms with Gasteiger partial charge in [-0.2, -0.15) is 5.10 Å². The number of ether oxygens (including phenoxy) is 1. The molecule has 30 heavy (non-hydrogen) atoms. The van der Waals surface area contributed by atoms with Crippen LogP contribution in [-0.4, -0.2) is 51.7 Å². The lowest BCUT2D eigenvalue weighted by Gasteiger charge is -2.16. The predicted octanol–water partition coefficient (Wildman–Crippen LogP) is 2.23. The Morgan fingerprint density at radius 2 is 2.00 bits per heavy atom. The van der Waals surface area contributed by atoms with Gasteiger partial charge in [-0.1, -0.05) is 36.4 Å². The van der Waals surface area contributed by atoms with E-state index in [9.17, 15) is 15.0 Å². The number of hydrogen-bond donors (Lipinski definition) is 4. The number of carbonyl (C=O) groups is 1. The highest BCUT2D eigenvalue weighted by Gasteiger charge is 2.13. The largest absolute Gasteiger partial charge is 0.504 e. The second-order valence-electron chi connectivity index (χ2n) is 6.63. The zero-order valence-corrected chi connectivity index (χ0v) is 16.4. The zero-order valence-electron chi connectivity index (χ0n) is 16.4. The molecule has 0 radical (unpaired) electrons. The molecular weight excluding hydrogens is 386 g/mol. The quantitative estimate of drug-likeness (QED) is 0.449. The summed E-state index contributed by atoms with van der Waals surface area (Å²) < 4.78 is 5.02. The second-order valence-corrected chi connectivity index (χ2v) is 6.63. The number of rotatable bonds is 8. The molecule has 0 aliphatic carbocycles. The minimum atomic E-state index is -0.502. The van der Waals surface area contributed by atoms with E-state index in [1.165, 1.54) is 13.3 Å². The van der Waals surface area contributed by atoms with Crippen LogP contribution in [0.5, 0.6) is 11.5 Å². The van der Waals surface area contributed by atoms with Crippen molar-refractivity contribution in [2.45, 2.75) is 6.42 Å². The van der Waals surface area contributed by atoms with Crippen LogP contribution >= 0.6 is 0 Å². The standard InChI is InChI=1S/C21H23N5O4/c1-30-19-8-7-14(10-18(19)28)9-15(13-27)11-22-21(29)25-20-24-17(12-23-26-20)16-5-3-2-4-6-16/h2-8,10,12,15,27-28H,9,11,13H2,1H3,(H2,22,24,25,26,29)/t15-/m1/s1. The number of carbonyl (C=O) groups excluding carboxylic acids is 1. The molecule has 2 amide bonds. The van der Waals surface area contributed by atoms with Crippen molar-refractivity contribution in [3.63, 3.8) is 0 Å². The third kappa shape index (κ3) is 5.65. The van der Waals surface area contributed by atoms with E-state index in [1.807, 2.05) is 30.3 Å².